The zero-order chi connectivity index (χ0) is 15.7. The largest absolute Gasteiger partial charge is 0.389 e. The summed E-state index contributed by atoms with van der Waals surface area (Å²) in [7, 11) is 0. The van der Waals surface area contributed by atoms with Crippen molar-refractivity contribution in [1.82, 2.24) is 9.80 Å². The van der Waals surface area contributed by atoms with E-state index < -0.39 is 18.3 Å². The number of likely N-dealkylation sites (tertiary alicyclic amines) is 2. The number of β-amino-alcohol motifs (C(OH)–C–C–N with tert-alkyl or cyclic N) is 2. The topological polar surface area (TPSA) is 84.2 Å². The van der Waals surface area contributed by atoms with Crippen LogP contribution in [0.4, 0.5) is 0 Å². The van der Waals surface area contributed by atoms with Gasteiger partial charge in [-0.2, -0.15) is 0 Å². The predicted octanol–water partition coefficient (Wildman–Crippen LogP) is -0.577. The molecule has 3 N–H and O–H groups in total. The van der Waals surface area contributed by atoms with Gasteiger partial charge >= 0.3 is 0 Å². The summed E-state index contributed by atoms with van der Waals surface area (Å²) in [6.07, 6.45) is 2.52. The number of nitrogens with zero attached hydrogens (tertiary/aromatic N) is 2. The van der Waals surface area contributed by atoms with Gasteiger partial charge in [0.2, 0.25) is 5.91 Å². The second-order valence-corrected chi connectivity index (χ2v) is 7.24. The molecule has 1 aliphatic carbocycles. The van der Waals surface area contributed by atoms with E-state index in [1.807, 2.05) is 9.80 Å². The second kappa shape index (κ2) is 6.83. The molecule has 126 valence electrons. The van der Waals surface area contributed by atoms with Gasteiger partial charge in [-0.05, 0) is 31.6 Å². The molecule has 0 aromatic heterocycles. The molecule has 0 radical (unpaired) electrons. The lowest BCUT2D eigenvalue weighted by Crippen LogP contribution is -2.56. The molecule has 6 nitrogen and oxygen atoms in total. The van der Waals surface area contributed by atoms with Gasteiger partial charge in [-0.25, -0.2) is 0 Å². The van der Waals surface area contributed by atoms with Crippen molar-refractivity contribution in [2.75, 3.05) is 32.7 Å². The zero-order valence-corrected chi connectivity index (χ0v) is 13.1. The summed E-state index contributed by atoms with van der Waals surface area (Å²) in [5, 5.41) is 29.1. The van der Waals surface area contributed by atoms with Crippen molar-refractivity contribution >= 4 is 5.91 Å². The molecular formula is C16H28N2O4. The highest BCUT2D eigenvalue weighted by molar-refractivity contribution is 5.79. The molecular weight excluding hydrogens is 284 g/mol. The van der Waals surface area contributed by atoms with E-state index in [0.717, 1.165) is 45.3 Å². The van der Waals surface area contributed by atoms with E-state index in [2.05, 4.69) is 0 Å². The highest BCUT2D eigenvalue weighted by atomic mass is 16.4. The number of aliphatic hydroxyl groups is 3. The Bertz CT molecular complexity index is 382. The molecule has 22 heavy (non-hydrogen) atoms. The third-order valence-electron chi connectivity index (χ3n) is 5.58. The number of aliphatic hydroxyl groups excluding tert-OH is 3. The van der Waals surface area contributed by atoms with Crippen LogP contribution < -0.4 is 0 Å². The SMILES string of the molecule is O=C(C1CCC1)N1CCC(CN2C[C@@H](O)[C@H](O)[C@@H](O)C2)CC1. The average molecular weight is 312 g/mol. The molecule has 3 atom stereocenters. The fraction of sp³-hybridized carbons (Fsp3) is 0.938. The molecule has 0 aromatic carbocycles. The minimum Gasteiger partial charge on any atom is -0.389 e. The summed E-state index contributed by atoms with van der Waals surface area (Å²) >= 11 is 0. The van der Waals surface area contributed by atoms with Gasteiger partial charge in [0.25, 0.3) is 0 Å². The van der Waals surface area contributed by atoms with Crippen molar-refractivity contribution in [1.29, 1.82) is 0 Å². The third-order valence-corrected chi connectivity index (χ3v) is 5.58. The Morgan fingerprint density at radius 2 is 1.55 bits per heavy atom. The first-order chi connectivity index (χ1) is 10.5. The zero-order valence-electron chi connectivity index (χ0n) is 13.1. The Kier molecular flexibility index (Phi) is 5.02. The summed E-state index contributed by atoms with van der Waals surface area (Å²) in [6.45, 7) is 3.33. The van der Waals surface area contributed by atoms with Gasteiger partial charge in [-0.1, -0.05) is 6.42 Å². The van der Waals surface area contributed by atoms with Crippen LogP contribution in [0.25, 0.3) is 0 Å². The molecule has 3 fully saturated rings. The van der Waals surface area contributed by atoms with Crippen LogP contribution in [0.5, 0.6) is 0 Å². The van der Waals surface area contributed by atoms with E-state index in [-0.39, 0.29) is 5.92 Å². The van der Waals surface area contributed by atoms with Crippen molar-refractivity contribution in [3.05, 3.63) is 0 Å². The minimum absolute atomic E-state index is 0.283. The van der Waals surface area contributed by atoms with Gasteiger partial charge in [0.05, 0.1) is 12.2 Å². The Morgan fingerprint density at radius 1 is 0.955 bits per heavy atom. The molecule has 0 spiro atoms. The van der Waals surface area contributed by atoms with Gasteiger partial charge in [0.15, 0.2) is 0 Å². The maximum Gasteiger partial charge on any atom is 0.225 e. The molecule has 2 heterocycles. The fourth-order valence-electron chi connectivity index (χ4n) is 3.84. The lowest BCUT2D eigenvalue weighted by molar-refractivity contribution is -0.140. The summed E-state index contributed by atoms with van der Waals surface area (Å²) in [4.78, 5) is 16.3. The van der Waals surface area contributed by atoms with Crippen molar-refractivity contribution < 1.29 is 20.1 Å². The lowest BCUT2D eigenvalue weighted by Gasteiger charge is -2.41. The quantitative estimate of drug-likeness (QED) is 0.649. The smallest absolute Gasteiger partial charge is 0.225 e. The number of piperidine rings is 2. The van der Waals surface area contributed by atoms with E-state index in [1.54, 1.807) is 0 Å². The molecule has 1 amide bonds. The number of rotatable bonds is 3. The number of carbonyl (C=O) groups is 1. The second-order valence-electron chi connectivity index (χ2n) is 7.24. The lowest BCUT2D eigenvalue weighted by atomic mass is 9.83. The van der Waals surface area contributed by atoms with Crippen LogP contribution in [-0.4, -0.2) is 82.1 Å². The van der Waals surface area contributed by atoms with E-state index >= 15 is 0 Å². The first kappa shape index (κ1) is 16.2. The van der Waals surface area contributed by atoms with Crippen LogP contribution in [0.3, 0.4) is 0 Å². The monoisotopic (exact) mass is 312 g/mol. The predicted molar refractivity (Wildman–Crippen MR) is 81.1 cm³/mol. The molecule has 6 heteroatoms. The maximum atomic E-state index is 12.2. The Hall–Kier alpha value is -0.690. The molecule has 0 aromatic rings. The Morgan fingerprint density at radius 3 is 2.05 bits per heavy atom. The third kappa shape index (κ3) is 3.45. The van der Waals surface area contributed by atoms with Crippen LogP contribution in [0.15, 0.2) is 0 Å². The minimum atomic E-state index is -1.03. The molecule has 2 aliphatic heterocycles. The molecule has 2 saturated heterocycles. The number of hydrogen-bond acceptors (Lipinski definition) is 5. The standard InChI is InChI=1S/C16H28N2O4/c19-13-9-17(10-14(20)15(13)21)8-11-4-6-18(7-5-11)16(22)12-2-1-3-12/h11-15,19-21H,1-10H2/t13-,14+,15+. The van der Waals surface area contributed by atoms with Crippen molar-refractivity contribution in [2.45, 2.75) is 50.4 Å². The van der Waals surface area contributed by atoms with E-state index in [1.165, 1.54) is 6.42 Å². The normalized spacial score (nSPS) is 35.4. The molecule has 1 saturated carbocycles. The van der Waals surface area contributed by atoms with Crippen LogP contribution in [0.2, 0.25) is 0 Å². The van der Waals surface area contributed by atoms with Gasteiger partial charge < -0.3 is 20.2 Å². The average Bonchev–Trinajstić information content (AvgIpc) is 2.43. The molecule has 3 rings (SSSR count). The number of carbonyl (C=O) groups excluding carboxylic acids is 1. The maximum absolute atomic E-state index is 12.2. The fourth-order valence-corrected chi connectivity index (χ4v) is 3.84. The van der Waals surface area contributed by atoms with Gasteiger partial charge in [-0.3, -0.25) is 9.69 Å². The highest BCUT2D eigenvalue weighted by Crippen LogP contribution is 2.30. The summed E-state index contributed by atoms with van der Waals surface area (Å²) in [5.41, 5.74) is 0. The molecule has 0 bridgehead atoms. The van der Waals surface area contributed by atoms with Crippen LogP contribution in [0, 0.1) is 11.8 Å². The van der Waals surface area contributed by atoms with Gasteiger partial charge in [0, 0.05) is 38.6 Å². The van der Waals surface area contributed by atoms with Gasteiger partial charge in [-0.15, -0.1) is 0 Å². The van der Waals surface area contributed by atoms with E-state index in [9.17, 15) is 20.1 Å². The van der Waals surface area contributed by atoms with Gasteiger partial charge in [0.1, 0.15) is 6.10 Å². The first-order valence-corrected chi connectivity index (χ1v) is 8.60. The number of amides is 1. The Balaban J connectivity index is 1.43. The number of hydrogen-bond donors (Lipinski definition) is 3. The van der Waals surface area contributed by atoms with E-state index in [4.69, 9.17) is 0 Å². The van der Waals surface area contributed by atoms with Crippen molar-refractivity contribution in [2.24, 2.45) is 11.8 Å². The summed E-state index contributed by atoms with van der Waals surface area (Å²) < 4.78 is 0. The van der Waals surface area contributed by atoms with Crippen LogP contribution in [0.1, 0.15) is 32.1 Å². The molecule has 3 aliphatic rings. The van der Waals surface area contributed by atoms with Crippen LogP contribution >= 0.6 is 0 Å². The van der Waals surface area contributed by atoms with Crippen molar-refractivity contribution in [3.8, 4) is 0 Å². The highest BCUT2D eigenvalue weighted by Gasteiger charge is 2.35. The summed E-state index contributed by atoms with van der Waals surface area (Å²) in [5.74, 6) is 1.13. The van der Waals surface area contributed by atoms with E-state index in [0.29, 0.717) is 24.9 Å². The summed E-state index contributed by atoms with van der Waals surface area (Å²) in [6, 6.07) is 0. The first-order valence-electron chi connectivity index (χ1n) is 8.60. The van der Waals surface area contributed by atoms with Crippen molar-refractivity contribution in [3.63, 3.8) is 0 Å². The molecule has 0 unspecified atom stereocenters. The van der Waals surface area contributed by atoms with Crippen LogP contribution in [-0.2, 0) is 4.79 Å². The Labute approximate surface area is 131 Å².